The molecule has 0 saturated heterocycles. The van der Waals surface area contributed by atoms with Gasteiger partial charge in [0, 0.05) is 41.3 Å². The van der Waals surface area contributed by atoms with Crippen LogP contribution in [-0.4, -0.2) is 25.8 Å². The minimum Gasteiger partial charge on any atom is -0.493 e. The molecule has 6 heteroatoms. The van der Waals surface area contributed by atoms with Gasteiger partial charge < -0.3 is 14.8 Å². The standard InChI is InChI=1S/C25H30BrNO4/c1-24(2)9-15-21(17(28)11-24)20(13-7-14(26)23(31-6)19(8-13)30-5)22-16(27-15)10-25(3,4)12-18(22)29/h7-8,20,27H,9-12H2,1-6H3. The minimum atomic E-state index is -0.394. The van der Waals surface area contributed by atoms with E-state index in [1.165, 1.54) is 0 Å². The largest absolute Gasteiger partial charge is 0.493 e. The average Bonchev–Trinajstić information content (AvgIpc) is 2.63. The van der Waals surface area contributed by atoms with Gasteiger partial charge in [-0.15, -0.1) is 0 Å². The van der Waals surface area contributed by atoms with Gasteiger partial charge >= 0.3 is 0 Å². The van der Waals surface area contributed by atoms with E-state index in [2.05, 4.69) is 48.9 Å². The summed E-state index contributed by atoms with van der Waals surface area (Å²) in [5.41, 5.74) is 4.01. The monoisotopic (exact) mass is 487 g/mol. The molecule has 1 aliphatic heterocycles. The Balaban J connectivity index is 1.95. The van der Waals surface area contributed by atoms with Gasteiger partial charge in [-0.2, -0.15) is 0 Å². The predicted molar refractivity (Wildman–Crippen MR) is 123 cm³/mol. The van der Waals surface area contributed by atoms with Crippen molar-refractivity contribution in [1.82, 2.24) is 5.32 Å². The highest BCUT2D eigenvalue weighted by Crippen LogP contribution is 2.52. The summed E-state index contributed by atoms with van der Waals surface area (Å²) >= 11 is 3.59. The fourth-order valence-electron chi connectivity index (χ4n) is 5.33. The third-order valence-corrected chi connectivity index (χ3v) is 7.10. The van der Waals surface area contributed by atoms with Crippen LogP contribution < -0.4 is 14.8 Å². The van der Waals surface area contributed by atoms with Crippen LogP contribution in [-0.2, 0) is 9.59 Å². The van der Waals surface area contributed by atoms with Crippen LogP contribution in [0.4, 0.5) is 0 Å². The third-order valence-electron chi connectivity index (χ3n) is 6.51. The fourth-order valence-corrected chi connectivity index (χ4v) is 5.95. The Morgan fingerprint density at radius 2 is 1.39 bits per heavy atom. The lowest BCUT2D eigenvalue weighted by molar-refractivity contribution is -0.119. The van der Waals surface area contributed by atoms with Crippen LogP contribution in [0.3, 0.4) is 0 Å². The summed E-state index contributed by atoms with van der Waals surface area (Å²) in [4.78, 5) is 26.8. The molecule has 0 unspecified atom stereocenters. The van der Waals surface area contributed by atoms with Crippen molar-refractivity contribution in [2.75, 3.05) is 14.2 Å². The lowest BCUT2D eigenvalue weighted by Crippen LogP contribution is -2.42. The molecule has 5 nitrogen and oxygen atoms in total. The van der Waals surface area contributed by atoms with Gasteiger partial charge in [-0.25, -0.2) is 0 Å². The van der Waals surface area contributed by atoms with Crippen LogP contribution in [0.15, 0.2) is 39.1 Å². The van der Waals surface area contributed by atoms with E-state index in [1.807, 2.05) is 12.1 Å². The Hall–Kier alpha value is -2.08. The van der Waals surface area contributed by atoms with Crippen LogP contribution >= 0.6 is 15.9 Å². The van der Waals surface area contributed by atoms with Crippen molar-refractivity contribution in [1.29, 1.82) is 0 Å². The van der Waals surface area contributed by atoms with E-state index < -0.39 is 5.92 Å². The second-order valence-electron chi connectivity index (χ2n) is 10.5. The average molecular weight is 488 g/mol. The summed E-state index contributed by atoms with van der Waals surface area (Å²) in [7, 11) is 3.18. The van der Waals surface area contributed by atoms with Crippen molar-refractivity contribution in [2.45, 2.75) is 59.3 Å². The number of carbonyl (C=O) groups is 2. The number of ether oxygens (including phenoxy) is 2. The molecule has 4 rings (SSSR count). The molecule has 0 bridgehead atoms. The van der Waals surface area contributed by atoms with E-state index >= 15 is 0 Å². The zero-order valence-electron chi connectivity index (χ0n) is 19.1. The summed E-state index contributed by atoms with van der Waals surface area (Å²) < 4.78 is 11.8. The van der Waals surface area contributed by atoms with Gasteiger partial charge in [-0.3, -0.25) is 9.59 Å². The summed E-state index contributed by atoms with van der Waals surface area (Å²) in [6.07, 6.45) is 2.51. The van der Waals surface area contributed by atoms with E-state index in [0.29, 0.717) is 24.3 Å². The highest BCUT2D eigenvalue weighted by Gasteiger charge is 2.46. The number of rotatable bonds is 3. The fraction of sp³-hybridized carbons (Fsp3) is 0.520. The van der Waals surface area contributed by atoms with Crippen LogP contribution in [0.1, 0.15) is 64.9 Å². The number of hydrogen-bond donors (Lipinski definition) is 1. The maximum Gasteiger partial charge on any atom is 0.174 e. The molecule has 0 spiro atoms. The highest BCUT2D eigenvalue weighted by molar-refractivity contribution is 9.10. The van der Waals surface area contributed by atoms with E-state index in [0.717, 1.165) is 45.4 Å². The number of hydrogen-bond acceptors (Lipinski definition) is 5. The van der Waals surface area contributed by atoms with Crippen molar-refractivity contribution < 1.29 is 19.1 Å². The number of allylic oxidation sites excluding steroid dienone is 4. The van der Waals surface area contributed by atoms with Crippen molar-refractivity contribution >= 4 is 27.5 Å². The molecular weight excluding hydrogens is 458 g/mol. The molecule has 0 atom stereocenters. The molecule has 0 saturated carbocycles. The van der Waals surface area contributed by atoms with Crippen molar-refractivity contribution in [3.8, 4) is 11.5 Å². The molecule has 31 heavy (non-hydrogen) atoms. The quantitative estimate of drug-likeness (QED) is 0.614. The van der Waals surface area contributed by atoms with E-state index in [1.54, 1.807) is 14.2 Å². The third kappa shape index (κ3) is 3.84. The van der Waals surface area contributed by atoms with E-state index in [9.17, 15) is 9.59 Å². The Kier molecular flexibility index (Phi) is 5.36. The molecule has 1 aromatic rings. The van der Waals surface area contributed by atoms with Crippen LogP contribution in [0.25, 0.3) is 0 Å². The maximum atomic E-state index is 13.4. The lowest BCUT2D eigenvalue weighted by Gasteiger charge is -2.44. The van der Waals surface area contributed by atoms with E-state index in [4.69, 9.17) is 9.47 Å². The van der Waals surface area contributed by atoms with Crippen LogP contribution in [0.2, 0.25) is 0 Å². The molecule has 1 aromatic carbocycles. The summed E-state index contributed by atoms with van der Waals surface area (Å²) in [6, 6.07) is 3.85. The first kappa shape index (κ1) is 22.1. The second-order valence-corrected chi connectivity index (χ2v) is 11.3. The van der Waals surface area contributed by atoms with Gasteiger partial charge in [0.05, 0.1) is 18.7 Å². The first-order valence-corrected chi connectivity index (χ1v) is 11.5. The SMILES string of the molecule is COc1cc(C2C3=C(CC(C)(C)CC3=O)NC3=C2C(=O)CC(C)(C)C3)cc(Br)c1OC. The number of benzene rings is 1. The molecular formula is C25H30BrNO4. The van der Waals surface area contributed by atoms with E-state index in [-0.39, 0.29) is 22.4 Å². The molecule has 0 amide bonds. The summed E-state index contributed by atoms with van der Waals surface area (Å²) in [5, 5.41) is 3.54. The van der Waals surface area contributed by atoms with Gasteiger partial charge in [-0.1, -0.05) is 27.7 Å². The molecule has 0 radical (unpaired) electrons. The molecule has 0 aromatic heterocycles. The lowest BCUT2D eigenvalue weighted by atomic mass is 9.64. The Labute approximate surface area is 192 Å². The Bertz CT molecular complexity index is 996. The summed E-state index contributed by atoms with van der Waals surface area (Å²) in [6.45, 7) is 8.49. The molecule has 166 valence electrons. The van der Waals surface area contributed by atoms with Crippen LogP contribution in [0.5, 0.6) is 11.5 Å². The molecule has 0 fully saturated rings. The second kappa shape index (κ2) is 7.51. The molecule has 1 heterocycles. The number of methoxy groups -OCH3 is 2. The predicted octanol–water partition coefficient (Wildman–Crippen LogP) is 5.44. The number of ketones is 2. The Morgan fingerprint density at radius 3 is 1.84 bits per heavy atom. The van der Waals surface area contributed by atoms with Crippen molar-refractivity contribution in [3.05, 3.63) is 44.7 Å². The van der Waals surface area contributed by atoms with Gasteiger partial charge in [0.2, 0.25) is 0 Å². The number of carbonyl (C=O) groups excluding carboxylic acids is 2. The zero-order chi connectivity index (χ0) is 22.7. The topological polar surface area (TPSA) is 64.6 Å². The van der Waals surface area contributed by atoms with Gasteiger partial charge in [0.25, 0.3) is 0 Å². The summed E-state index contributed by atoms with van der Waals surface area (Å²) in [5.74, 6) is 0.991. The highest BCUT2D eigenvalue weighted by atomic mass is 79.9. The van der Waals surface area contributed by atoms with Gasteiger partial charge in [0.1, 0.15) is 0 Å². The molecule has 3 aliphatic rings. The number of halogens is 1. The zero-order valence-corrected chi connectivity index (χ0v) is 20.7. The smallest absolute Gasteiger partial charge is 0.174 e. The molecule has 2 aliphatic carbocycles. The van der Waals surface area contributed by atoms with Crippen LogP contribution in [0, 0.1) is 10.8 Å². The van der Waals surface area contributed by atoms with Gasteiger partial charge in [0.15, 0.2) is 23.1 Å². The minimum absolute atomic E-state index is 0.110. The maximum absolute atomic E-state index is 13.4. The number of nitrogens with one attached hydrogen (secondary N) is 1. The number of Topliss-reactive ketones (excluding diaryl/α,β-unsaturated/α-hetero) is 2. The Morgan fingerprint density at radius 1 is 0.871 bits per heavy atom. The first-order chi connectivity index (χ1) is 14.5. The normalized spacial score (nSPS) is 22.7. The molecule has 1 N–H and O–H groups in total. The van der Waals surface area contributed by atoms with Crippen molar-refractivity contribution in [3.63, 3.8) is 0 Å². The van der Waals surface area contributed by atoms with Gasteiger partial charge in [-0.05, 0) is 57.3 Å². The number of dihydropyridines is 1. The van der Waals surface area contributed by atoms with Crippen molar-refractivity contribution in [2.24, 2.45) is 10.8 Å². The first-order valence-electron chi connectivity index (χ1n) is 10.7.